The number of rotatable bonds is 6. The molecule has 0 aliphatic carbocycles. The number of furan rings is 1. The topological polar surface area (TPSA) is 16.4 Å². The summed E-state index contributed by atoms with van der Waals surface area (Å²) in [6, 6.07) is 72.2. The van der Waals surface area contributed by atoms with Gasteiger partial charge >= 0.3 is 0 Å². The van der Waals surface area contributed by atoms with Crippen LogP contribution in [0.5, 0.6) is 0 Å². The number of hydrogen-bond donors (Lipinski definition) is 0. The lowest BCUT2D eigenvalue weighted by molar-refractivity contribution is 0.669. The minimum absolute atomic E-state index is 0.866. The largest absolute Gasteiger partial charge is 0.456 e. The van der Waals surface area contributed by atoms with Gasteiger partial charge in [0.15, 0.2) is 0 Å². The fourth-order valence-corrected chi connectivity index (χ4v) is 9.67. The van der Waals surface area contributed by atoms with Gasteiger partial charge in [-0.05, 0) is 81.1 Å². The summed E-state index contributed by atoms with van der Waals surface area (Å²) in [6.07, 6.45) is 0. The van der Waals surface area contributed by atoms with Crippen molar-refractivity contribution in [1.29, 1.82) is 0 Å². The van der Waals surface area contributed by atoms with Gasteiger partial charge in [0.25, 0.3) is 0 Å². The normalized spacial score (nSPS) is 11.6. The standard InChI is InChI=1S/C52H33NOS/c1-2-14-34(15-3-1)38-21-10-16-36-17-11-23-42(50(36)38)40-18-4-7-25-45(40)53(46-26-13-28-48-51(46)44-20-5-8-27-47(44)54-48)37-32-30-35(31-33-37)39-22-12-24-43-41-19-6-9-29-49(41)55-52(39)43/h1-33H. The van der Waals surface area contributed by atoms with Gasteiger partial charge in [0.2, 0.25) is 0 Å². The highest BCUT2D eigenvalue weighted by atomic mass is 32.1. The SMILES string of the molecule is c1ccc(-c2cccc3cccc(-c4ccccc4N(c4ccc(-c5cccc6c5sc5ccccc56)cc4)c4cccc5oc6ccccc6c45)c23)cc1. The first kappa shape index (κ1) is 31.6. The molecule has 0 atom stereocenters. The molecule has 0 spiro atoms. The summed E-state index contributed by atoms with van der Waals surface area (Å²) < 4.78 is 9.10. The molecule has 55 heavy (non-hydrogen) atoms. The van der Waals surface area contributed by atoms with Crippen molar-refractivity contribution in [3.05, 3.63) is 200 Å². The Bertz CT molecular complexity index is 3200. The molecule has 0 bridgehead atoms. The summed E-state index contributed by atoms with van der Waals surface area (Å²) in [5, 5.41) is 7.26. The van der Waals surface area contributed by atoms with Crippen LogP contribution >= 0.6 is 11.3 Å². The lowest BCUT2D eigenvalue weighted by atomic mass is 9.90. The first-order valence-electron chi connectivity index (χ1n) is 18.7. The molecule has 2 nitrogen and oxygen atoms in total. The maximum Gasteiger partial charge on any atom is 0.137 e. The van der Waals surface area contributed by atoms with E-state index in [0.717, 1.165) is 44.6 Å². The molecule has 0 amide bonds. The molecule has 11 rings (SSSR count). The number of benzene rings is 9. The lowest BCUT2D eigenvalue weighted by Gasteiger charge is -2.29. The Kier molecular flexibility index (Phi) is 7.39. The summed E-state index contributed by atoms with van der Waals surface area (Å²) in [6.45, 7) is 0. The summed E-state index contributed by atoms with van der Waals surface area (Å²) in [5.41, 5.74) is 12.2. The monoisotopic (exact) mass is 719 g/mol. The van der Waals surface area contributed by atoms with Gasteiger partial charge in [-0.15, -0.1) is 11.3 Å². The van der Waals surface area contributed by atoms with E-state index in [0.29, 0.717) is 0 Å². The maximum atomic E-state index is 6.47. The Morgan fingerprint density at radius 2 is 0.964 bits per heavy atom. The Balaban J connectivity index is 1.15. The van der Waals surface area contributed by atoms with Crippen LogP contribution in [0, 0.1) is 0 Å². The Morgan fingerprint density at radius 1 is 0.364 bits per heavy atom. The molecule has 0 radical (unpaired) electrons. The van der Waals surface area contributed by atoms with E-state index in [-0.39, 0.29) is 0 Å². The molecule has 0 N–H and O–H groups in total. The van der Waals surface area contributed by atoms with Crippen LogP contribution in [-0.2, 0) is 0 Å². The van der Waals surface area contributed by atoms with E-state index < -0.39 is 0 Å². The molecule has 11 aromatic rings. The van der Waals surface area contributed by atoms with Crippen molar-refractivity contribution in [3.8, 4) is 33.4 Å². The minimum Gasteiger partial charge on any atom is -0.456 e. The Morgan fingerprint density at radius 3 is 1.84 bits per heavy atom. The molecular formula is C52H33NOS. The summed E-state index contributed by atoms with van der Waals surface area (Å²) in [4.78, 5) is 2.42. The maximum absolute atomic E-state index is 6.47. The highest BCUT2D eigenvalue weighted by molar-refractivity contribution is 7.26. The zero-order valence-corrected chi connectivity index (χ0v) is 30.6. The van der Waals surface area contributed by atoms with Crippen molar-refractivity contribution in [1.82, 2.24) is 0 Å². The molecule has 0 saturated heterocycles. The number of nitrogens with zero attached hydrogens (tertiary/aromatic N) is 1. The fraction of sp³-hybridized carbons (Fsp3) is 0. The molecular weight excluding hydrogens is 687 g/mol. The van der Waals surface area contributed by atoms with E-state index in [2.05, 4.69) is 199 Å². The highest BCUT2D eigenvalue weighted by Crippen LogP contribution is 2.48. The quantitative estimate of drug-likeness (QED) is 0.170. The lowest BCUT2D eigenvalue weighted by Crippen LogP contribution is -2.11. The predicted molar refractivity (Wildman–Crippen MR) is 235 cm³/mol. The van der Waals surface area contributed by atoms with Crippen LogP contribution in [0.2, 0.25) is 0 Å². The highest BCUT2D eigenvalue weighted by Gasteiger charge is 2.23. The predicted octanol–water partition coefficient (Wildman–Crippen LogP) is 15.6. The van der Waals surface area contributed by atoms with Crippen molar-refractivity contribution in [3.63, 3.8) is 0 Å². The molecule has 2 heterocycles. The second-order valence-electron chi connectivity index (χ2n) is 14.0. The third-order valence-corrected chi connectivity index (χ3v) is 12.1. The van der Waals surface area contributed by atoms with Gasteiger partial charge in [0, 0.05) is 36.8 Å². The van der Waals surface area contributed by atoms with Gasteiger partial charge in [-0.3, -0.25) is 0 Å². The van der Waals surface area contributed by atoms with Gasteiger partial charge in [-0.1, -0.05) is 158 Å². The number of thiophene rings is 1. The third kappa shape index (κ3) is 5.16. The van der Waals surface area contributed by atoms with Crippen molar-refractivity contribution in [2.24, 2.45) is 0 Å². The van der Waals surface area contributed by atoms with Gasteiger partial charge in [-0.25, -0.2) is 0 Å². The number of fused-ring (bicyclic) bond motifs is 7. The Hall–Kier alpha value is -6.94. The minimum atomic E-state index is 0.866. The van der Waals surface area contributed by atoms with E-state index >= 15 is 0 Å². The summed E-state index contributed by atoms with van der Waals surface area (Å²) in [5.74, 6) is 0. The molecule has 3 heteroatoms. The van der Waals surface area contributed by atoms with Crippen LogP contribution in [0.3, 0.4) is 0 Å². The van der Waals surface area contributed by atoms with Gasteiger partial charge in [-0.2, -0.15) is 0 Å². The first-order valence-corrected chi connectivity index (χ1v) is 19.5. The van der Waals surface area contributed by atoms with Gasteiger partial charge in [0.1, 0.15) is 11.2 Å². The van der Waals surface area contributed by atoms with Crippen LogP contribution in [-0.4, -0.2) is 0 Å². The van der Waals surface area contributed by atoms with Gasteiger partial charge in [0.05, 0.1) is 16.8 Å². The van der Waals surface area contributed by atoms with Gasteiger partial charge < -0.3 is 9.32 Å². The van der Waals surface area contributed by atoms with Crippen molar-refractivity contribution < 1.29 is 4.42 Å². The third-order valence-electron chi connectivity index (χ3n) is 10.9. The van der Waals surface area contributed by atoms with Crippen LogP contribution < -0.4 is 4.90 Å². The average Bonchev–Trinajstić information content (AvgIpc) is 3.83. The smallest absolute Gasteiger partial charge is 0.137 e. The van der Waals surface area contributed by atoms with E-state index in [1.165, 1.54) is 58.8 Å². The summed E-state index contributed by atoms with van der Waals surface area (Å²) in [7, 11) is 0. The molecule has 258 valence electrons. The number of para-hydroxylation sites is 2. The summed E-state index contributed by atoms with van der Waals surface area (Å²) >= 11 is 1.87. The van der Waals surface area contributed by atoms with Crippen molar-refractivity contribution in [2.75, 3.05) is 4.90 Å². The number of anilines is 3. The molecule has 9 aromatic carbocycles. The molecule has 2 aromatic heterocycles. The Labute approximate surface area is 322 Å². The first-order chi connectivity index (χ1) is 27.3. The van der Waals surface area contributed by atoms with E-state index in [1.807, 2.05) is 17.4 Å². The van der Waals surface area contributed by atoms with E-state index in [4.69, 9.17) is 4.42 Å². The number of hydrogen-bond acceptors (Lipinski definition) is 3. The molecule has 0 aliphatic heterocycles. The fourth-order valence-electron chi connectivity index (χ4n) is 8.43. The molecule has 0 fully saturated rings. The van der Waals surface area contributed by atoms with Crippen LogP contribution in [0.25, 0.3) is 86.3 Å². The molecule has 0 aliphatic rings. The molecule has 0 unspecified atom stereocenters. The average molecular weight is 720 g/mol. The van der Waals surface area contributed by atoms with Crippen molar-refractivity contribution in [2.45, 2.75) is 0 Å². The van der Waals surface area contributed by atoms with Crippen LogP contribution in [0.4, 0.5) is 17.1 Å². The zero-order chi connectivity index (χ0) is 36.3. The van der Waals surface area contributed by atoms with Crippen LogP contribution in [0.15, 0.2) is 205 Å². The second-order valence-corrected chi connectivity index (χ2v) is 15.1. The van der Waals surface area contributed by atoms with Crippen molar-refractivity contribution >= 4 is 81.3 Å². The van der Waals surface area contributed by atoms with E-state index in [1.54, 1.807) is 0 Å². The molecule has 0 saturated carbocycles. The van der Waals surface area contributed by atoms with E-state index in [9.17, 15) is 0 Å². The zero-order valence-electron chi connectivity index (χ0n) is 29.8. The van der Waals surface area contributed by atoms with Crippen LogP contribution in [0.1, 0.15) is 0 Å². The second kappa shape index (κ2) is 12.9.